The molecule has 1 aliphatic carbocycles. The molecule has 1 heterocycles. The van der Waals surface area contributed by atoms with Gasteiger partial charge in [0.2, 0.25) is 15.9 Å². The van der Waals surface area contributed by atoms with Crippen molar-refractivity contribution in [3.8, 4) is 0 Å². The Balaban J connectivity index is 0.00000385. The minimum absolute atomic E-state index is 0. The quantitative estimate of drug-likeness (QED) is 0.435. The highest BCUT2D eigenvalue weighted by molar-refractivity contribution is 7.89. The van der Waals surface area contributed by atoms with Gasteiger partial charge in [-0.1, -0.05) is 18.5 Å². The van der Waals surface area contributed by atoms with Crippen molar-refractivity contribution in [1.29, 1.82) is 0 Å². The number of carbonyl (C=O) groups excluding carboxylic acids is 1. The number of carbonyl (C=O) groups is 1. The molecule has 1 aromatic rings. The highest BCUT2D eigenvalue weighted by Gasteiger charge is 2.47. The maximum absolute atomic E-state index is 14.2. The maximum atomic E-state index is 14.2. The van der Waals surface area contributed by atoms with Gasteiger partial charge in [-0.05, 0) is 43.9 Å². The van der Waals surface area contributed by atoms with E-state index in [4.69, 9.17) is 11.6 Å². The van der Waals surface area contributed by atoms with E-state index in [0.29, 0.717) is 39.0 Å². The van der Waals surface area contributed by atoms with E-state index in [9.17, 15) is 26.4 Å². The van der Waals surface area contributed by atoms with Crippen molar-refractivity contribution in [2.45, 2.75) is 63.3 Å². The molecular formula is C22H31Cl2F3N2O3S. The summed E-state index contributed by atoms with van der Waals surface area (Å²) in [5.41, 5.74) is -0.679. The summed E-state index contributed by atoms with van der Waals surface area (Å²) >= 11 is 5.76. The predicted octanol–water partition coefficient (Wildman–Crippen LogP) is 5.17. The summed E-state index contributed by atoms with van der Waals surface area (Å²) in [5, 5.41) is 0.195. The molecule has 5 nitrogen and oxygen atoms in total. The van der Waals surface area contributed by atoms with Gasteiger partial charge in [0.05, 0.1) is 11.3 Å². The Hall–Kier alpha value is -0.870. The van der Waals surface area contributed by atoms with E-state index in [0.717, 1.165) is 6.07 Å². The van der Waals surface area contributed by atoms with Gasteiger partial charge >= 0.3 is 0 Å². The van der Waals surface area contributed by atoms with E-state index < -0.39 is 27.3 Å². The van der Waals surface area contributed by atoms with Gasteiger partial charge in [-0.25, -0.2) is 21.6 Å². The summed E-state index contributed by atoms with van der Waals surface area (Å²) in [6.45, 7) is 3.28. The fraction of sp³-hybridized carbons (Fsp3) is 0.682. The standard InChI is InChI=1S/C22H30ClF3N2O3S.ClH/c1-2-15-32(30,31)28-13-11-27(12-14-28)21(7-9-22(25,26)10-8-21)6-5-20(29)18-4-3-17(23)16-19(18)24;/h3-4,16H,2,5-15H2,1H3;1H. The van der Waals surface area contributed by atoms with Crippen LogP contribution in [-0.2, 0) is 10.0 Å². The number of hydrogen-bond donors (Lipinski definition) is 0. The molecule has 188 valence electrons. The zero-order valence-electron chi connectivity index (χ0n) is 18.7. The average molecular weight is 531 g/mol. The second kappa shape index (κ2) is 11.2. The second-order valence-electron chi connectivity index (χ2n) is 8.83. The smallest absolute Gasteiger partial charge is 0.248 e. The summed E-state index contributed by atoms with van der Waals surface area (Å²) in [4.78, 5) is 14.8. The Labute approximate surface area is 205 Å². The first-order chi connectivity index (χ1) is 15.0. The molecule has 2 aliphatic rings. The monoisotopic (exact) mass is 530 g/mol. The lowest BCUT2D eigenvalue weighted by atomic mass is 9.74. The maximum Gasteiger partial charge on any atom is 0.248 e. The van der Waals surface area contributed by atoms with Crippen molar-refractivity contribution in [2.24, 2.45) is 0 Å². The third-order valence-corrected chi connectivity index (χ3v) is 9.04. The first-order valence-electron chi connectivity index (χ1n) is 11.1. The van der Waals surface area contributed by atoms with E-state index in [1.807, 2.05) is 6.92 Å². The molecule has 1 aromatic carbocycles. The topological polar surface area (TPSA) is 57.7 Å². The van der Waals surface area contributed by atoms with E-state index in [1.165, 1.54) is 16.4 Å². The van der Waals surface area contributed by atoms with Crippen LogP contribution in [-0.4, -0.2) is 66.8 Å². The molecule has 0 amide bonds. The molecule has 11 heteroatoms. The van der Waals surface area contributed by atoms with Gasteiger partial charge in [0.15, 0.2) is 5.78 Å². The summed E-state index contributed by atoms with van der Waals surface area (Å²) in [6.07, 6.45) is 0.779. The van der Waals surface area contributed by atoms with Crippen molar-refractivity contribution in [3.05, 3.63) is 34.6 Å². The lowest BCUT2D eigenvalue weighted by Gasteiger charge is -2.51. The van der Waals surface area contributed by atoms with Gasteiger partial charge in [-0.2, -0.15) is 4.31 Å². The highest BCUT2D eigenvalue weighted by atomic mass is 35.5. The third kappa shape index (κ3) is 6.84. The van der Waals surface area contributed by atoms with Crippen molar-refractivity contribution >= 4 is 39.8 Å². The summed E-state index contributed by atoms with van der Waals surface area (Å²) in [6, 6.07) is 3.88. The molecular weight excluding hydrogens is 500 g/mol. The lowest BCUT2D eigenvalue weighted by molar-refractivity contribution is -0.0891. The zero-order chi connectivity index (χ0) is 23.6. The molecule has 0 spiro atoms. The molecule has 0 atom stereocenters. The van der Waals surface area contributed by atoms with Gasteiger partial charge in [-0.15, -0.1) is 12.4 Å². The van der Waals surface area contributed by atoms with Gasteiger partial charge in [0, 0.05) is 56.0 Å². The molecule has 2 fully saturated rings. The van der Waals surface area contributed by atoms with Gasteiger partial charge in [0.25, 0.3) is 0 Å². The average Bonchev–Trinajstić information content (AvgIpc) is 2.73. The number of piperazine rings is 1. The molecule has 1 saturated heterocycles. The van der Waals surface area contributed by atoms with E-state index >= 15 is 0 Å². The van der Waals surface area contributed by atoms with Crippen molar-refractivity contribution in [1.82, 2.24) is 9.21 Å². The normalized spacial score (nSPS) is 21.4. The van der Waals surface area contributed by atoms with Crippen molar-refractivity contribution in [3.63, 3.8) is 0 Å². The number of ketones is 1. The SMILES string of the molecule is CCCS(=O)(=O)N1CCN(C2(CCC(=O)c3ccc(Cl)cc3F)CCC(F)(F)CC2)CC1.Cl. The van der Waals surface area contributed by atoms with Gasteiger partial charge in [-0.3, -0.25) is 9.69 Å². The first kappa shape index (κ1) is 28.4. The number of rotatable bonds is 8. The molecule has 1 aliphatic heterocycles. The van der Waals surface area contributed by atoms with Crippen molar-refractivity contribution < 1.29 is 26.4 Å². The van der Waals surface area contributed by atoms with Crippen LogP contribution >= 0.6 is 24.0 Å². The van der Waals surface area contributed by atoms with Crippen LogP contribution in [0.25, 0.3) is 0 Å². The molecule has 1 saturated carbocycles. The van der Waals surface area contributed by atoms with Crippen LogP contribution in [0, 0.1) is 5.82 Å². The van der Waals surface area contributed by atoms with Crippen molar-refractivity contribution in [2.75, 3.05) is 31.9 Å². The zero-order valence-corrected chi connectivity index (χ0v) is 21.1. The first-order valence-corrected chi connectivity index (χ1v) is 13.1. The Morgan fingerprint density at radius 2 is 1.70 bits per heavy atom. The van der Waals surface area contributed by atoms with Gasteiger partial charge < -0.3 is 0 Å². The predicted molar refractivity (Wildman–Crippen MR) is 126 cm³/mol. The summed E-state index contributed by atoms with van der Waals surface area (Å²) < 4.78 is 68.3. The number of Topliss-reactive ketones (excluding diaryl/α,β-unsaturated/α-hetero) is 1. The van der Waals surface area contributed by atoms with E-state index in [2.05, 4.69) is 4.90 Å². The third-order valence-electron chi connectivity index (χ3n) is 6.73. The Kier molecular flexibility index (Phi) is 9.67. The molecule has 0 bridgehead atoms. The molecule has 0 aromatic heterocycles. The highest BCUT2D eigenvalue weighted by Crippen LogP contribution is 2.44. The van der Waals surface area contributed by atoms with Crippen LogP contribution in [0.5, 0.6) is 0 Å². The Morgan fingerprint density at radius 1 is 1.09 bits per heavy atom. The van der Waals surface area contributed by atoms with Crippen LogP contribution < -0.4 is 0 Å². The minimum Gasteiger partial charge on any atom is -0.295 e. The van der Waals surface area contributed by atoms with E-state index in [-0.39, 0.29) is 66.6 Å². The van der Waals surface area contributed by atoms with E-state index in [1.54, 1.807) is 0 Å². The van der Waals surface area contributed by atoms with Crippen LogP contribution in [0.1, 0.15) is 62.2 Å². The Bertz CT molecular complexity index is 929. The number of alkyl halides is 2. The number of halogens is 5. The lowest BCUT2D eigenvalue weighted by Crippen LogP contribution is -2.60. The largest absolute Gasteiger partial charge is 0.295 e. The molecule has 3 rings (SSSR count). The molecule has 0 unspecified atom stereocenters. The fourth-order valence-electron chi connectivity index (χ4n) is 4.83. The number of sulfonamides is 1. The van der Waals surface area contributed by atoms with Crippen LogP contribution in [0.2, 0.25) is 5.02 Å². The Morgan fingerprint density at radius 3 is 2.24 bits per heavy atom. The number of nitrogens with zero attached hydrogens (tertiary/aromatic N) is 2. The van der Waals surface area contributed by atoms with Gasteiger partial charge in [0.1, 0.15) is 5.82 Å². The van der Waals surface area contributed by atoms with Crippen LogP contribution in [0.3, 0.4) is 0 Å². The minimum atomic E-state index is -3.32. The number of hydrogen-bond acceptors (Lipinski definition) is 4. The summed E-state index contributed by atoms with van der Waals surface area (Å²) in [7, 11) is -3.32. The molecule has 33 heavy (non-hydrogen) atoms. The molecule has 0 radical (unpaired) electrons. The van der Waals surface area contributed by atoms with Crippen LogP contribution in [0.15, 0.2) is 18.2 Å². The summed E-state index contributed by atoms with van der Waals surface area (Å²) in [5.74, 6) is -3.73. The van der Waals surface area contributed by atoms with Crippen LogP contribution in [0.4, 0.5) is 13.2 Å². The fourth-order valence-corrected chi connectivity index (χ4v) is 6.48. The molecule has 0 N–H and O–H groups in total. The number of benzene rings is 1. The second-order valence-corrected chi connectivity index (χ2v) is 11.4.